The van der Waals surface area contributed by atoms with Crippen LogP contribution in [0.5, 0.6) is 0 Å². The Balaban J connectivity index is 1.49. The first kappa shape index (κ1) is 18.9. The van der Waals surface area contributed by atoms with Crippen LogP contribution in [0.15, 0.2) is 28.7 Å². The van der Waals surface area contributed by atoms with Gasteiger partial charge in [0.15, 0.2) is 0 Å². The van der Waals surface area contributed by atoms with Crippen LogP contribution in [-0.4, -0.2) is 49.2 Å². The Bertz CT molecular complexity index is 859. The summed E-state index contributed by atoms with van der Waals surface area (Å²) in [5.74, 6) is -0.532. The van der Waals surface area contributed by atoms with Gasteiger partial charge >= 0.3 is 11.9 Å². The minimum Gasteiger partial charge on any atom is -0.466 e. The highest BCUT2D eigenvalue weighted by molar-refractivity contribution is 5.93. The fourth-order valence-electron chi connectivity index (χ4n) is 3.16. The van der Waals surface area contributed by atoms with Crippen LogP contribution < -0.4 is 0 Å². The van der Waals surface area contributed by atoms with E-state index in [1.165, 1.54) is 0 Å². The molecule has 7 heteroatoms. The van der Waals surface area contributed by atoms with Gasteiger partial charge in [-0.25, -0.2) is 4.79 Å². The van der Waals surface area contributed by atoms with Crippen LogP contribution in [0, 0.1) is 11.3 Å². The Morgan fingerprint density at radius 3 is 2.78 bits per heavy atom. The molecule has 0 radical (unpaired) electrons. The minimum absolute atomic E-state index is 0.143. The van der Waals surface area contributed by atoms with E-state index in [4.69, 9.17) is 19.2 Å². The highest BCUT2D eigenvalue weighted by Crippen LogP contribution is 2.23. The molecule has 0 saturated carbocycles. The second kappa shape index (κ2) is 8.69. The first-order valence-electron chi connectivity index (χ1n) is 9.11. The molecular weight excluding hydrogens is 348 g/mol. The molecular formula is C20H22N2O5. The summed E-state index contributed by atoms with van der Waals surface area (Å²) in [6, 6.07) is 8.66. The first-order valence-corrected chi connectivity index (χ1v) is 9.11. The second-order valence-corrected chi connectivity index (χ2v) is 6.48. The number of nitriles is 1. The number of carbonyl (C=O) groups excluding carboxylic acids is 2. The minimum atomic E-state index is -0.491. The number of furan rings is 1. The maximum atomic E-state index is 12.3. The van der Waals surface area contributed by atoms with Crippen molar-refractivity contribution in [3.63, 3.8) is 0 Å². The molecule has 1 saturated heterocycles. The Kier molecular flexibility index (Phi) is 6.09. The number of hydrogen-bond donors (Lipinski definition) is 0. The topological polar surface area (TPSA) is 92.8 Å². The maximum absolute atomic E-state index is 12.3. The number of likely N-dealkylation sites (tertiary alicyclic amines) is 1. The van der Waals surface area contributed by atoms with Gasteiger partial charge in [0.1, 0.15) is 11.7 Å². The van der Waals surface area contributed by atoms with Gasteiger partial charge in [-0.1, -0.05) is 0 Å². The molecule has 0 N–H and O–H groups in total. The molecule has 7 nitrogen and oxygen atoms in total. The standard InChI is InChI=1S/C20H22N2O5/c1-2-25-19(23)7-10-22-8-5-16(6-9-22)26-20(24)18-12-15-11-14(13-21)3-4-17(15)27-18/h3-4,11-12,16H,2,5-10H2,1H3. The molecule has 1 aliphatic heterocycles. The van der Waals surface area contributed by atoms with Gasteiger partial charge in [-0.05, 0) is 44.0 Å². The number of rotatable bonds is 6. The molecule has 0 unspecified atom stereocenters. The molecule has 0 amide bonds. The number of esters is 2. The van der Waals surface area contributed by atoms with Crippen molar-refractivity contribution in [2.24, 2.45) is 0 Å². The van der Waals surface area contributed by atoms with Crippen LogP contribution in [0.25, 0.3) is 11.0 Å². The molecule has 3 rings (SSSR count). The number of fused-ring (bicyclic) bond motifs is 1. The average Bonchev–Trinajstić information content (AvgIpc) is 3.11. The zero-order valence-electron chi connectivity index (χ0n) is 15.3. The maximum Gasteiger partial charge on any atom is 0.374 e. The summed E-state index contributed by atoms with van der Waals surface area (Å²) in [5.41, 5.74) is 1.06. The van der Waals surface area contributed by atoms with Crippen LogP contribution in [0.4, 0.5) is 0 Å². The lowest BCUT2D eigenvalue weighted by atomic mass is 10.1. The zero-order chi connectivity index (χ0) is 19.2. The van der Waals surface area contributed by atoms with E-state index >= 15 is 0 Å². The van der Waals surface area contributed by atoms with E-state index in [-0.39, 0.29) is 17.8 Å². The van der Waals surface area contributed by atoms with Gasteiger partial charge in [-0.15, -0.1) is 0 Å². The number of piperidine rings is 1. The van der Waals surface area contributed by atoms with Crippen molar-refractivity contribution in [2.45, 2.75) is 32.3 Å². The van der Waals surface area contributed by atoms with Crippen molar-refractivity contribution in [1.82, 2.24) is 4.90 Å². The quantitative estimate of drug-likeness (QED) is 0.722. The van der Waals surface area contributed by atoms with Gasteiger partial charge in [0, 0.05) is 25.0 Å². The van der Waals surface area contributed by atoms with Crippen molar-refractivity contribution in [3.8, 4) is 6.07 Å². The fourth-order valence-corrected chi connectivity index (χ4v) is 3.16. The lowest BCUT2D eigenvalue weighted by molar-refractivity contribution is -0.143. The van der Waals surface area contributed by atoms with Crippen LogP contribution in [0.3, 0.4) is 0 Å². The summed E-state index contributed by atoms with van der Waals surface area (Å²) in [5, 5.41) is 9.65. The van der Waals surface area contributed by atoms with Crippen molar-refractivity contribution in [1.29, 1.82) is 5.26 Å². The Labute approximate surface area is 157 Å². The lowest BCUT2D eigenvalue weighted by Gasteiger charge is -2.31. The number of hydrogen-bond acceptors (Lipinski definition) is 7. The normalized spacial score (nSPS) is 15.4. The van der Waals surface area contributed by atoms with E-state index in [2.05, 4.69) is 11.0 Å². The van der Waals surface area contributed by atoms with Crippen molar-refractivity contribution < 1.29 is 23.5 Å². The third-order valence-electron chi connectivity index (χ3n) is 4.59. The molecule has 1 aliphatic rings. The Morgan fingerprint density at radius 2 is 2.07 bits per heavy atom. The van der Waals surface area contributed by atoms with E-state index in [1.54, 1.807) is 31.2 Å². The van der Waals surface area contributed by atoms with Crippen LogP contribution in [0.1, 0.15) is 42.3 Å². The highest BCUT2D eigenvalue weighted by Gasteiger charge is 2.24. The number of benzene rings is 1. The average molecular weight is 370 g/mol. The van der Waals surface area contributed by atoms with Crippen molar-refractivity contribution in [3.05, 3.63) is 35.6 Å². The summed E-state index contributed by atoms with van der Waals surface area (Å²) >= 11 is 0. The molecule has 142 valence electrons. The number of carbonyl (C=O) groups is 2. The molecule has 1 fully saturated rings. The first-order chi connectivity index (χ1) is 13.1. The molecule has 1 aromatic heterocycles. The molecule has 2 heterocycles. The van der Waals surface area contributed by atoms with Gasteiger partial charge in [0.2, 0.25) is 5.76 Å². The van der Waals surface area contributed by atoms with Gasteiger partial charge in [0.25, 0.3) is 0 Å². The molecule has 0 spiro atoms. The van der Waals surface area contributed by atoms with Crippen molar-refractivity contribution in [2.75, 3.05) is 26.2 Å². The third-order valence-corrected chi connectivity index (χ3v) is 4.59. The molecule has 27 heavy (non-hydrogen) atoms. The number of nitrogens with zero attached hydrogens (tertiary/aromatic N) is 2. The molecule has 1 aromatic carbocycles. The number of ether oxygens (including phenoxy) is 2. The Morgan fingerprint density at radius 1 is 1.30 bits per heavy atom. The van der Waals surface area contributed by atoms with Gasteiger partial charge in [-0.3, -0.25) is 4.79 Å². The molecule has 0 atom stereocenters. The summed E-state index contributed by atoms with van der Waals surface area (Å²) in [7, 11) is 0. The predicted molar refractivity (Wildman–Crippen MR) is 97.1 cm³/mol. The van der Waals surface area contributed by atoms with Crippen LogP contribution in [-0.2, 0) is 14.3 Å². The van der Waals surface area contributed by atoms with E-state index in [0.29, 0.717) is 48.9 Å². The lowest BCUT2D eigenvalue weighted by Crippen LogP contribution is -2.39. The van der Waals surface area contributed by atoms with Gasteiger partial charge in [-0.2, -0.15) is 5.26 Å². The SMILES string of the molecule is CCOC(=O)CCN1CCC(OC(=O)c2cc3cc(C#N)ccc3o2)CC1. The smallest absolute Gasteiger partial charge is 0.374 e. The van der Waals surface area contributed by atoms with Crippen molar-refractivity contribution >= 4 is 22.9 Å². The van der Waals surface area contributed by atoms with E-state index in [0.717, 1.165) is 13.1 Å². The molecule has 0 bridgehead atoms. The summed E-state index contributed by atoms with van der Waals surface area (Å²) in [4.78, 5) is 25.9. The highest BCUT2D eigenvalue weighted by atomic mass is 16.6. The third kappa shape index (κ3) is 4.86. The van der Waals surface area contributed by atoms with E-state index < -0.39 is 5.97 Å². The summed E-state index contributed by atoms with van der Waals surface area (Å²) < 4.78 is 16.0. The summed E-state index contributed by atoms with van der Waals surface area (Å²) in [6.07, 6.45) is 1.64. The van der Waals surface area contributed by atoms with Gasteiger partial charge < -0.3 is 18.8 Å². The van der Waals surface area contributed by atoms with E-state index in [9.17, 15) is 9.59 Å². The zero-order valence-corrected chi connectivity index (χ0v) is 15.3. The van der Waals surface area contributed by atoms with Crippen LogP contribution >= 0.6 is 0 Å². The van der Waals surface area contributed by atoms with Crippen LogP contribution in [0.2, 0.25) is 0 Å². The molecule has 0 aliphatic carbocycles. The predicted octanol–water partition coefficient (Wildman–Crippen LogP) is 2.88. The van der Waals surface area contributed by atoms with Gasteiger partial charge in [0.05, 0.1) is 24.7 Å². The summed E-state index contributed by atoms with van der Waals surface area (Å²) in [6.45, 7) is 4.38. The van der Waals surface area contributed by atoms with E-state index in [1.807, 2.05) is 0 Å². The fraction of sp³-hybridized carbons (Fsp3) is 0.450. The second-order valence-electron chi connectivity index (χ2n) is 6.48. The monoisotopic (exact) mass is 370 g/mol. The molecule has 2 aromatic rings. The Hall–Kier alpha value is -2.85. The largest absolute Gasteiger partial charge is 0.466 e.